The number of methoxy groups -OCH3 is 1. The minimum Gasteiger partial charge on any atom is -0.497 e. The van der Waals surface area contributed by atoms with Crippen LogP contribution in [0.1, 0.15) is 38.7 Å². The molecule has 0 aliphatic carbocycles. The van der Waals surface area contributed by atoms with E-state index in [1.54, 1.807) is 34.0 Å². The standard InChI is InChI=1S/C25H37N5O5/c1-17(2)12-21-24(32)28(14-20-6-5-11-35-20)15-22-29(21)23(31)16-27(3)30(22)25(33)26-13-18-7-9-19(34-4)10-8-18/h7-10,17,20-22H,5-6,11-16H2,1-4H3,(H,26,33)/t20?,21-,22-/m0/s1. The molecule has 3 atom stereocenters. The molecule has 0 bridgehead atoms. The van der Waals surface area contributed by atoms with E-state index < -0.39 is 12.2 Å². The number of urea groups is 1. The molecule has 3 heterocycles. The van der Waals surface area contributed by atoms with Crippen LogP contribution < -0.4 is 10.1 Å². The first-order valence-electron chi connectivity index (χ1n) is 12.4. The quantitative estimate of drug-likeness (QED) is 0.629. The van der Waals surface area contributed by atoms with Gasteiger partial charge in [0, 0.05) is 26.7 Å². The maximum Gasteiger partial charge on any atom is 0.334 e. The Bertz CT molecular complexity index is 917. The van der Waals surface area contributed by atoms with Crippen LogP contribution in [0.5, 0.6) is 5.75 Å². The van der Waals surface area contributed by atoms with Gasteiger partial charge >= 0.3 is 6.03 Å². The Kier molecular flexibility index (Phi) is 7.81. The molecule has 10 nitrogen and oxygen atoms in total. The molecule has 1 aromatic rings. The number of nitrogens with one attached hydrogen (secondary N) is 1. The normalized spacial score (nSPS) is 25.3. The van der Waals surface area contributed by atoms with E-state index in [0.29, 0.717) is 26.1 Å². The third-order valence-corrected chi connectivity index (χ3v) is 6.89. The number of nitrogens with zero attached hydrogens (tertiary/aromatic N) is 4. The van der Waals surface area contributed by atoms with Gasteiger partial charge in [-0.15, -0.1) is 0 Å². The SMILES string of the molecule is COc1ccc(CNC(=O)N2[C@H]3CN(CC4CCCO4)C(=O)[C@H](CC(C)C)N3C(=O)CN2C)cc1. The van der Waals surface area contributed by atoms with E-state index in [0.717, 1.165) is 24.2 Å². The lowest BCUT2D eigenvalue weighted by molar-refractivity contribution is -0.189. The van der Waals surface area contributed by atoms with Crippen LogP contribution in [-0.4, -0.2) is 96.4 Å². The molecule has 192 valence electrons. The number of hydrogen-bond acceptors (Lipinski definition) is 6. The van der Waals surface area contributed by atoms with Gasteiger partial charge in [-0.1, -0.05) is 26.0 Å². The van der Waals surface area contributed by atoms with Crippen molar-refractivity contribution >= 4 is 17.8 Å². The van der Waals surface area contributed by atoms with Crippen LogP contribution in [0.3, 0.4) is 0 Å². The number of amides is 4. The highest BCUT2D eigenvalue weighted by atomic mass is 16.5. The number of ether oxygens (including phenoxy) is 2. The molecule has 1 aromatic carbocycles. The van der Waals surface area contributed by atoms with Gasteiger partial charge in [0.05, 0.1) is 26.3 Å². The molecule has 0 radical (unpaired) electrons. The summed E-state index contributed by atoms with van der Waals surface area (Å²) in [5.74, 6) is 0.783. The Hall–Kier alpha value is -2.85. The highest BCUT2D eigenvalue weighted by Gasteiger charge is 2.51. The second-order valence-corrected chi connectivity index (χ2v) is 9.97. The molecule has 3 saturated heterocycles. The largest absolute Gasteiger partial charge is 0.497 e. The average Bonchev–Trinajstić information content (AvgIpc) is 3.33. The maximum atomic E-state index is 13.5. The summed E-state index contributed by atoms with van der Waals surface area (Å²) < 4.78 is 11.0. The van der Waals surface area contributed by atoms with Crippen molar-refractivity contribution in [3.63, 3.8) is 0 Å². The van der Waals surface area contributed by atoms with Gasteiger partial charge in [-0.05, 0) is 42.9 Å². The smallest absolute Gasteiger partial charge is 0.334 e. The van der Waals surface area contributed by atoms with Gasteiger partial charge in [-0.25, -0.2) is 14.8 Å². The molecule has 3 fully saturated rings. The fourth-order valence-electron chi connectivity index (χ4n) is 5.18. The Morgan fingerprint density at radius 2 is 1.97 bits per heavy atom. The van der Waals surface area contributed by atoms with E-state index in [4.69, 9.17) is 9.47 Å². The highest BCUT2D eigenvalue weighted by Crippen LogP contribution is 2.29. The average molecular weight is 488 g/mol. The first kappa shape index (κ1) is 25.2. The molecule has 0 spiro atoms. The Balaban J connectivity index is 1.54. The van der Waals surface area contributed by atoms with E-state index in [2.05, 4.69) is 5.32 Å². The molecule has 3 aliphatic rings. The number of benzene rings is 1. The summed E-state index contributed by atoms with van der Waals surface area (Å²) in [6.07, 6.45) is 1.88. The molecular formula is C25H37N5O5. The van der Waals surface area contributed by atoms with E-state index in [9.17, 15) is 14.4 Å². The van der Waals surface area contributed by atoms with Crippen LogP contribution in [-0.2, 0) is 20.9 Å². The van der Waals surface area contributed by atoms with Gasteiger partial charge in [0.25, 0.3) is 0 Å². The summed E-state index contributed by atoms with van der Waals surface area (Å²) in [5, 5.41) is 6.22. The summed E-state index contributed by atoms with van der Waals surface area (Å²) in [5.41, 5.74) is 0.934. The van der Waals surface area contributed by atoms with E-state index in [1.165, 1.54) is 0 Å². The minimum atomic E-state index is -0.590. The lowest BCUT2D eigenvalue weighted by atomic mass is 9.97. The van der Waals surface area contributed by atoms with Crippen LogP contribution in [0.15, 0.2) is 24.3 Å². The third-order valence-electron chi connectivity index (χ3n) is 6.89. The topological polar surface area (TPSA) is 94.7 Å². The zero-order chi connectivity index (χ0) is 25.1. The lowest BCUT2D eigenvalue weighted by Crippen LogP contribution is -2.76. The number of carbonyl (C=O) groups excluding carboxylic acids is 3. The van der Waals surface area contributed by atoms with Crippen molar-refractivity contribution in [3.05, 3.63) is 29.8 Å². The fourth-order valence-corrected chi connectivity index (χ4v) is 5.18. The predicted octanol–water partition coefficient (Wildman–Crippen LogP) is 1.66. The number of fused-ring (bicyclic) bond motifs is 1. The van der Waals surface area contributed by atoms with Gasteiger partial charge in [0.2, 0.25) is 11.8 Å². The molecule has 0 saturated carbocycles. The zero-order valence-corrected chi connectivity index (χ0v) is 21.1. The molecule has 1 unspecified atom stereocenters. The number of carbonyl (C=O) groups is 3. The molecular weight excluding hydrogens is 450 g/mol. The Labute approximate surface area is 207 Å². The van der Waals surface area contributed by atoms with E-state index >= 15 is 0 Å². The van der Waals surface area contributed by atoms with Gasteiger partial charge in [-0.3, -0.25) is 9.59 Å². The van der Waals surface area contributed by atoms with Crippen LogP contribution in [0.25, 0.3) is 0 Å². The zero-order valence-electron chi connectivity index (χ0n) is 21.1. The Morgan fingerprint density at radius 3 is 2.60 bits per heavy atom. The summed E-state index contributed by atoms with van der Waals surface area (Å²) >= 11 is 0. The number of hydrazine groups is 1. The Morgan fingerprint density at radius 1 is 1.23 bits per heavy atom. The van der Waals surface area contributed by atoms with Crippen molar-refractivity contribution in [2.75, 3.05) is 40.4 Å². The van der Waals surface area contributed by atoms with Crippen molar-refractivity contribution in [1.29, 1.82) is 0 Å². The molecule has 35 heavy (non-hydrogen) atoms. The van der Waals surface area contributed by atoms with Gasteiger partial charge in [0.1, 0.15) is 18.0 Å². The molecule has 10 heteroatoms. The minimum absolute atomic E-state index is 0.000398. The summed E-state index contributed by atoms with van der Waals surface area (Å²) in [4.78, 5) is 43.5. The second-order valence-electron chi connectivity index (χ2n) is 9.97. The molecule has 4 amide bonds. The van der Waals surface area contributed by atoms with Gasteiger partial charge in [0.15, 0.2) is 0 Å². The lowest BCUT2D eigenvalue weighted by Gasteiger charge is -2.54. The maximum absolute atomic E-state index is 13.5. The summed E-state index contributed by atoms with van der Waals surface area (Å²) in [6.45, 7) is 5.92. The molecule has 1 N–H and O–H groups in total. The van der Waals surface area contributed by atoms with Crippen LogP contribution >= 0.6 is 0 Å². The number of rotatable bonds is 7. The van der Waals surface area contributed by atoms with Gasteiger partial charge in [-0.2, -0.15) is 0 Å². The first-order valence-corrected chi connectivity index (χ1v) is 12.4. The molecule has 3 aliphatic heterocycles. The molecule has 4 rings (SSSR count). The number of piperazine rings is 1. The van der Waals surface area contributed by atoms with Gasteiger partial charge < -0.3 is 24.6 Å². The van der Waals surface area contributed by atoms with Crippen LogP contribution in [0.4, 0.5) is 4.79 Å². The third kappa shape index (κ3) is 5.54. The van der Waals surface area contributed by atoms with Crippen molar-refractivity contribution < 1.29 is 23.9 Å². The van der Waals surface area contributed by atoms with E-state index in [-0.39, 0.29) is 43.0 Å². The van der Waals surface area contributed by atoms with E-state index in [1.807, 2.05) is 38.1 Å². The number of hydrogen-bond donors (Lipinski definition) is 1. The van der Waals surface area contributed by atoms with Crippen LogP contribution in [0.2, 0.25) is 0 Å². The van der Waals surface area contributed by atoms with Crippen molar-refractivity contribution in [1.82, 2.24) is 25.1 Å². The van der Waals surface area contributed by atoms with Crippen molar-refractivity contribution in [2.24, 2.45) is 5.92 Å². The molecule has 0 aromatic heterocycles. The second kappa shape index (κ2) is 10.8. The van der Waals surface area contributed by atoms with Crippen LogP contribution in [0, 0.1) is 5.92 Å². The highest BCUT2D eigenvalue weighted by molar-refractivity contribution is 5.91. The van der Waals surface area contributed by atoms with Crippen molar-refractivity contribution in [3.8, 4) is 5.75 Å². The fraction of sp³-hybridized carbons (Fsp3) is 0.640. The first-order chi connectivity index (χ1) is 16.8. The summed E-state index contributed by atoms with van der Waals surface area (Å²) in [7, 11) is 3.35. The monoisotopic (exact) mass is 487 g/mol. The van der Waals surface area contributed by atoms with Crippen molar-refractivity contribution in [2.45, 2.75) is 58.0 Å². The predicted molar refractivity (Wildman–Crippen MR) is 129 cm³/mol. The number of likely N-dealkylation sites (N-methyl/N-ethyl adjacent to an activating group) is 1. The summed E-state index contributed by atoms with van der Waals surface area (Å²) in [6, 6.07) is 6.60.